The third-order valence-electron chi connectivity index (χ3n) is 22.7. The number of methoxy groups -OCH3 is 4. The highest BCUT2D eigenvalue weighted by molar-refractivity contribution is 5.96. The van der Waals surface area contributed by atoms with Crippen LogP contribution in [0.3, 0.4) is 0 Å². The monoisotopic (exact) mass is 1830 g/mol. The number of nitrogens with one attached hydrogen (secondary N) is 4. The van der Waals surface area contributed by atoms with Gasteiger partial charge < -0.3 is 60.2 Å². The Labute approximate surface area is 777 Å². The van der Waals surface area contributed by atoms with E-state index in [2.05, 4.69) is 113 Å². The van der Waals surface area contributed by atoms with Crippen LogP contribution in [-0.2, 0) is 7.05 Å². The zero-order valence-corrected chi connectivity index (χ0v) is 77.1. The summed E-state index contributed by atoms with van der Waals surface area (Å²) in [5, 5.41) is 28.3. The molecule has 35 heteroatoms. The van der Waals surface area contributed by atoms with Crippen molar-refractivity contribution in [2.75, 3.05) is 101 Å². The van der Waals surface area contributed by atoms with E-state index in [1.807, 2.05) is 148 Å². The topological polar surface area (TPSA) is 331 Å². The molecule has 6 N–H and O–H groups in total. The van der Waals surface area contributed by atoms with Gasteiger partial charge in [0.2, 0.25) is 5.91 Å². The number of fused-ring (bicyclic) bond motifs is 4. The highest BCUT2D eigenvalue weighted by Crippen LogP contribution is 2.42. The van der Waals surface area contributed by atoms with Gasteiger partial charge >= 0.3 is 6.18 Å². The number of nitrogens with two attached hydrogens (primary N) is 1. The molecule has 0 bridgehead atoms. The van der Waals surface area contributed by atoms with Gasteiger partial charge in [-0.05, 0) is 187 Å². The SMILES string of the molecule is CNC(=O)c1cc(F)cc(N(CC2CC2)c2ccc3ncc(-c4cnn(C(C)C)c4)nc3c2)c1.COc1cc(C(N)=O)cc(N(CC2CC2)c2ccc3ncc(-c4cnn(C)c4)nc3c2)c1.COc1cc(F)cc(N(CCNC(C)C)c2ccc3ncc(-c4cn[nH]c4)nc3c2)c1.COc1cc(OC)cc(N(CCCNCC(F)(F)F)c2ccc3ncc(-c4cnn(C(C)C)c4)nc3c2)c1. The van der Waals surface area contributed by atoms with E-state index in [4.69, 9.17) is 44.6 Å². The number of aryl methyl sites for hydroxylation is 1. The Morgan fingerprint density at radius 1 is 0.459 bits per heavy atom. The fourth-order valence-corrected chi connectivity index (χ4v) is 15.2. The second-order valence-corrected chi connectivity index (χ2v) is 33.9. The smallest absolute Gasteiger partial charge is 0.401 e. The number of halogens is 5. The number of anilines is 8. The summed E-state index contributed by atoms with van der Waals surface area (Å²) in [5.41, 5.74) is 25.4. The van der Waals surface area contributed by atoms with Crippen molar-refractivity contribution in [3.8, 4) is 68.0 Å². The lowest BCUT2D eigenvalue weighted by Gasteiger charge is -2.26. The molecule has 2 saturated carbocycles. The Bertz CT molecular complexity index is 6800. The van der Waals surface area contributed by atoms with Gasteiger partial charge in [0, 0.05) is 205 Å². The molecule has 8 heterocycles. The molecule has 0 saturated heterocycles. The summed E-state index contributed by atoms with van der Waals surface area (Å²) in [6.45, 7) is 15.0. The van der Waals surface area contributed by atoms with Gasteiger partial charge in [0.05, 0.1) is 151 Å². The van der Waals surface area contributed by atoms with Crippen molar-refractivity contribution in [1.82, 2.24) is 95.4 Å². The summed E-state index contributed by atoms with van der Waals surface area (Å²) in [7, 11) is 9.67. The third-order valence-corrected chi connectivity index (χ3v) is 22.7. The summed E-state index contributed by atoms with van der Waals surface area (Å²) in [5.74, 6) is 1.83. The van der Waals surface area contributed by atoms with Gasteiger partial charge in [0.25, 0.3) is 5.91 Å². The maximum absolute atomic E-state index is 14.5. The van der Waals surface area contributed by atoms with Gasteiger partial charge in [0.1, 0.15) is 34.6 Å². The van der Waals surface area contributed by atoms with Crippen molar-refractivity contribution in [2.24, 2.45) is 24.6 Å². The first-order valence-electron chi connectivity index (χ1n) is 44.5. The number of carbonyl (C=O) groups is 2. The van der Waals surface area contributed by atoms with Crippen LogP contribution >= 0.6 is 0 Å². The Balaban J connectivity index is 0.000000137. The largest absolute Gasteiger partial charge is 0.497 e. The fraction of sp³-hybridized carbons (Fsp3) is 0.300. The number of primary amides is 1. The van der Waals surface area contributed by atoms with Crippen molar-refractivity contribution in [1.29, 1.82) is 0 Å². The lowest BCUT2D eigenvalue weighted by molar-refractivity contribution is -0.124. The Morgan fingerprint density at radius 3 is 1.27 bits per heavy atom. The number of rotatable bonds is 33. The normalized spacial score (nSPS) is 12.4. The predicted octanol–water partition coefficient (Wildman–Crippen LogP) is 18.9. The summed E-state index contributed by atoms with van der Waals surface area (Å²) < 4.78 is 93.5. The van der Waals surface area contributed by atoms with Crippen LogP contribution in [0.5, 0.6) is 23.0 Å². The summed E-state index contributed by atoms with van der Waals surface area (Å²) in [4.78, 5) is 69.9. The number of carbonyl (C=O) groups excluding carboxylic acids is 2. The summed E-state index contributed by atoms with van der Waals surface area (Å²) >= 11 is 0. The molecular weight excluding hydrogens is 1730 g/mol. The number of aromatic amines is 1. The van der Waals surface area contributed by atoms with E-state index in [9.17, 15) is 31.5 Å². The molecule has 30 nitrogen and oxygen atoms in total. The van der Waals surface area contributed by atoms with Gasteiger partial charge in [0.15, 0.2) is 0 Å². The molecule has 16 aromatic rings. The minimum Gasteiger partial charge on any atom is -0.497 e. The first-order chi connectivity index (χ1) is 65.1. The maximum Gasteiger partial charge on any atom is 0.401 e. The van der Waals surface area contributed by atoms with E-state index in [-0.39, 0.29) is 30.4 Å². The minimum atomic E-state index is -4.25. The van der Waals surface area contributed by atoms with Crippen molar-refractivity contribution < 1.29 is 50.5 Å². The molecule has 2 aliphatic carbocycles. The average molecular weight is 1840 g/mol. The molecular formula is C100H107F5N24O6. The highest BCUT2D eigenvalue weighted by Gasteiger charge is 2.30. The van der Waals surface area contributed by atoms with Crippen LogP contribution in [0.25, 0.3) is 89.2 Å². The van der Waals surface area contributed by atoms with Crippen LogP contribution in [0.4, 0.5) is 67.5 Å². The third kappa shape index (κ3) is 24.4. The van der Waals surface area contributed by atoms with Gasteiger partial charge in [-0.2, -0.15) is 33.6 Å². The van der Waals surface area contributed by atoms with Crippen LogP contribution in [0, 0.1) is 23.5 Å². The zero-order valence-electron chi connectivity index (χ0n) is 77.1. The van der Waals surface area contributed by atoms with Gasteiger partial charge in [-0.1, -0.05) is 13.8 Å². The van der Waals surface area contributed by atoms with E-state index >= 15 is 0 Å². The maximum atomic E-state index is 14.5. The molecule has 2 fully saturated rings. The molecule has 135 heavy (non-hydrogen) atoms. The number of alkyl halides is 3. The van der Waals surface area contributed by atoms with Crippen molar-refractivity contribution in [2.45, 2.75) is 97.9 Å². The molecule has 0 aliphatic heterocycles. The Morgan fingerprint density at radius 2 is 0.867 bits per heavy atom. The first-order valence-corrected chi connectivity index (χ1v) is 44.5. The minimum absolute atomic E-state index is 0.203. The fourth-order valence-electron chi connectivity index (χ4n) is 15.2. The molecule has 8 aromatic carbocycles. The first kappa shape index (κ1) is 94.5. The van der Waals surface area contributed by atoms with Crippen LogP contribution < -0.4 is 60.2 Å². The summed E-state index contributed by atoms with van der Waals surface area (Å²) in [6, 6.07) is 44.4. The molecule has 2 aliphatic rings. The zero-order chi connectivity index (χ0) is 95.1. The van der Waals surface area contributed by atoms with E-state index in [1.54, 1.807) is 107 Å². The average Bonchev–Trinajstić information content (AvgIpc) is 1.76. The highest BCUT2D eigenvalue weighted by atomic mass is 19.4. The standard InChI is InChI=1S/C27H31F3N6O2.C26H27FN6O.C24H24N6O2.C23H25FN6O/c1-18(2)36-16-19(14-33-36)26-15-32-24-7-6-20(12-25(24)34-26)35(9-5-8-31-17-27(28,29)30)21-10-22(37-3)13-23(11-21)38-4;1-16(2)33-15-19(12-30-33)25-13-29-23-7-6-21(11-24(23)31-25)32(14-17-4-5-17)22-9-18(26(34)28-3)8-20(27)10-22;1-29-14-17(11-27-29)23-12-26-21-6-5-18(10-22(21)28-23)30(13-15-3-4-15)19-7-16(24(25)31)8-20(9-19)32-2;1-15(2)25-6-7-30(19-8-17(24)9-20(10-19)31-3)18-4-5-21-22(11-18)29-23(14-26-21)16-12-27-28-13-16/h6-7,10-16,18,31H,5,8-9,17H2,1-4H3;6-13,15-17H,4-5,14H2,1-3H3,(H,28,34);5-12,14-15H,3-4,13H2,1-2H3,(H2,25,31);4-5,8-15,25H,6-7H2,1-3H3,(H,27,28). The molecule has 2 amide bonds. The van der Waals surface area contributed by atoms with Gasteiger partial charge in [-0.3, -0.25) is 48.7 Å². The Kier molecular flexibility index (Phi) is 29.8. The van der Waals surface area contributed by atoms with Crippen molar-refractivity contribution in [3.05, 3.63) is 243 Å². The summed E-state index contributed by atoms with van der Waals surface area (Å²) in [6.07, 6.45) is 22.5. The van der Waals surface area contributed by atoms with Gasteiger partial charge in [-0.25, -0.2) is 28.7 Å². The lowest BCUT2D eigenvalue weighted by Crippen LogP contribution is -2.32. The number of amides is 2. The number of ether oxygens (including phenoxy) is 4. The number of aromatic nitrogens is 16. The number of hydrogen-bond acceptors (Lipinski definition) is 24. The number of benzene rings is 8. The van der Waals surface area contributed by atoms with Crippen molar-refractivity contribution in [3.63, 3.8) is 0 Å². The number of nitrogens with zero attached hydrogens (tertiary/aromatic N) is 19. The van der Waals surface area contributed by atoms with E-state index in [0.29, 0.717) is 94.1 Å². The molecule has 18 rings (SSSR count). The van der Waals surface area contributed by atoms with E-state index < -0.39 is 24.4 Å². The van der Waals surface area contributed by atoms with E-state index in [1.165, 1.54) is 44.2 Å². The van der Waals surface area contributed by atoms with Crippen LogP contribution in [0.2, 0.25) is 0 Å². The molecule has 0 unspecified atom stereocenters. The lowest BCUT2D eigenvalue weighted by atomic mass is 10.1. The van der Waals surface area contributed by atoms with Crippen molar-refractivity contribution >= 4 is 101 Å². The molecule has 0 radical (unpaired) electrons. The quantitative estimate of drug-likeness (QED) is 0.0188. The molecule has 0 atom stereocenters. The second kappa shape index (κ2) is 42.6. The second-order valence-electron chi connectivity index (χ2n) is 33.9. The van der Waals surface area contributed by atoms with Crippen LogP contribution in [-0.4, -0.2) is 185 Å². The molecule has 0 spiro atoms. The number of hydrogen-bond donors (Lipinski definition) is 5. The van der Waals surface area contributed by atoms with Crippen LogP contribution in [0.1, 0.15) is 106 Å². The predicted molar refractivity (Wildman–Crippen MR) is 515 cm³/mol. The molecule has 8 aromatic heterocycles. The van der Waals surface area contributed by atoms with Gasteiger partial charge in [-0.15, -0.1) is 0 Å². The number of H-pyrrole nitrogens is 1. The molecule has 698 valence electrons. The van der Waals surface area contributed by atoms with E-state index in [0.717, 1.165) is 145 Å². The van der Waals surface area contributed by atoms with Crippen LogP contribution in [0.15, 0.2) is 220 Å². The Hall–Kier alpha value is -15.1.